The topological polar surface area (TPSA) is 102 Å². The van der Waals surface area contributed by atoms with E-state index in [2.05, 4.69) is 9.47 Å². The van der Waals surface area contributed by atoms with E-state index in [1.54, 1.807) is 6.07 Å². The van der Waals surface area contributed by atoms with E-state index in [0.717, 1.165) is 0 Å². The molecule has 0 bridgehead atoms. The van der Waals surface area contributed by atoms with Crippen LogP contribution in [-0.4, -0.2) is 31.7 Å². The molecule has 0 aromatic heterocycles. The summed E-state index contributed by atoms with van der Waals surface area (Å²) in [5, 5.41) is 8.07. The van der Waals surface area contributed by atoms with Crippen LogP contribution in [0.25, 0.3) is 0 Å². The van der Waals surface area contributed by atoms with E-state index in [1.807, 2.05) is 0 Å². The number of hydrogen-bond acceptors (Lipinski definition) is 6. The van der Waals surface area contributed by atoms with Crippen LogP contribution >= 0.6 is 0 Å². The lowest BCUT2D eigenvalue weighted by Gasteiger charge is -2.03. The summed E-state index contributed by atoms with van der Waals surface area (Å²) in [6.07, 6.45) is -0.301. The van der Waals surface area contributed by atoms with Gasteiger partial charge in [0.25, 0.3) is 0 Å². The third kappa shape index (κ3) is 6.77. The van der Waals surface area contributed by atoms with Crippen molar-refractivity contribution in [1.82, 2.24) is 0 Å². The molecule has 0 amide bonds. The highest BCUT2D eigenvalue weighted by atomic mass is 16.6. The van der Waals surface area contributed by atoms with Crippen LogP contribution in [0.4, 0.5) is 0 Å². The minimum Gasteiger partial charge on any atom is -0.461 e. The summed E-state index contributed by atoms with van der Waals surface area (Å²) in [5.41, 5.74) is 4.94. The molecule has 0 atom stereocenters. The summed E-state index contributed by atoms with van der Waals surface area (Å²) in [6, 6.07) is 1.63. The van der Waals surface area contributed by atoms with Gasteiger partial charge in [-0.3, -0.25) is 9.59 Å². The Kier molecular flexibility index (Phi) is 6.19. The summed E-state index contributed by atoms with van der Waals surface area (Å²) >= 11 is 0. The molecule has 72 valence electrons. The number of esters is 2. The van der Waals surface area contributed by atoms with Crippen LogP contribution in [0.1, 0.15) is 6.42 Å². The Morgan fingerprint density at radius 1 is 1.23 bits per heavy atom. The molecule has 0 aromatic carbocycles. The summed E-state index contributed by atoms with van der Waals surface area (Å²) in [4.78, 5) is 21.0. The molecule has 0 spiro atoms. The highest BCUT2D eigenvalue weighted by Crippen LogP contribution is 1.85. The van der Waals surface area contributed by atoms with E-state index < -0.39 is 11.9 Å². The first-order chi connectivity index (χ1) is 6.20. The van der Waals surface area contributed by atoms with Gasteiger partial charge in [-0.05, 0) is 0 Å². The second-order valence-corrected chi connectivity index (χ2v) is 1.98. The van der Waals surface area contributed by atoms with Gasteiger partial charge in [0.05, 0.1) is 12.6 Å². The average Bonchev–Trinajstić information content (AvgIpc) is 2.12. The number of carbonyl (C=O) groups excluding carboxylic acids is 2. The standard InChI is InChI=1S/C7H10N2O4/c8-2-1-6(10)12-3-4-13-7(11)5-9/h1,3-5,9H2. The molecule has 0 aliphatic carbocycles. The molecule has 0 rings (SSSR count). The largest absolute Gasteiger partial charge is 0.461 e. The van der Waals surface area contributed by atoms with Gasteiger partial charge in [0, 0.05) is 0 Å². The molecule has 0 heterocycles. The van der Waals surface area contributed by atoms with E-state index in [4.69, 9.17) is 11.0 Å². The Labute approximate surface area is 75.2 Å². The second kappa shape index (κ2) is 7.06. The predicted molar refractivity (Wildman–Crippen MR) is 41.2 cm³/mol. The first-order valence-corrected chi connectivity index (χ1v) is 3.59. The zero-order chi connectivity index (χ0) is 10.1. The second-order valence-electron chi connectivity index (χ2n) is 1.98. The number of hydrogen-bond donors (Lipinski definition) is 1. The molecule has 0 unspecified atom stereocenters. The molecule has 6 heteroatoms. The number of ether oxygens (including phenoxy) is 2. The number of rotatable bonds is 5. The fourth-order valence-corrected chi connectivity index (χ4v) is 0.486. The first kappa shape index (κ1) is 11.4. The summed E-state index contributed by atoms with van der Waals surface area (Å²) < 4.78 is 8.99. The Bertz CT molecular complexity index is 221. The van der Waals surface area contributed by atoms with Gasteiger partial charge < -0.3 is 15.2 Å². The fourth-order valence-electron chi connectivity index (χ4n) is 0.486. The van der Waals surface area contributed by atoms with Gasteiger partial charge in [0.1, 0.15) is 19.6 Å². The molecule has 0 aliphatic heterocycles. The van der Waals surface area contributed by atoms with Crippen LogP contribution < -0.4 is 5.73 Å². The Morgan fingerprint density at radius 3 is 2.23 bits per heavy atom. The van der Waals surface area contributed by atoms with Gasteiger partial charge in [-0.25, -0.2) is 0 Å². The van der Waals surface area contributed by atoms with Crippen molar-refractivity contribution in [3.63, 3.8) is 0 Å². The van der Waals surface area contributed by atoms with E-state index in [-0.39, 0.29) is 26.2 Å². The molecular weight excluding hydrogens is 176 g/mol. The zero-order valence-electron chi connectivity index (χ0n) is 6.99. The van der Waals surface area contributed by atoms with E-state index >= 15 is 0 Å². The Morgan fingerprint density at radius 2 is 1.77 bits per heavy atom. The SMILES string of the molecule is N#CCC(=O)OCCOC(=O)CN. The quantitative estimate of drug-likeness (QED) is 0.434. The molecule has 0 aromatic rings. The third-order valence-corrected chi connectivity index (χ3v) is 0.999. The van der Waals surface area contributed by atoms with Crippen molar-refractivity contribution in [3.8, 4) is 6.07 Å². The molecule has 0 saturated carbocycles. The summed E-state index contributed by atoms with van der Waals surface area (Å²) in [5.74, 6) is -1.19. The molecule has 0 aliphatic rings. The van der Waals surface area contributed by atoms with Crippen molar-refractivity contribution in [2.24, 2.45) is 5.73 Å². The van der Waals surface area contributed by atoms with Gasteiger partial charge in [-0.2, -0.15) is 5.26 Å². The first-order valence-electron chi connectivity index (χ1n) is 3.59. The zero-order valence-corrected chi connectivity index (χ0v) is 6.99. The molecular formula is C7H10N2O4. The van der Waals surface area contributed by atoms with Crippen LogP contribution in [-0.2, 0) is 19.1 Å². The molecule has 2 N–H and O–H groups in total. The minimum absolute atomic E-state index is 0.0345. The van der Waals surface area contributed by atoms with Crippen molar-refractivity contribution < 1.29 is 19.1 Å². The predicted octanol–water partition coefficient (Wildman–Crippen LogP) is -1.05. The molecule has 0 saturated heterocycles. The highest BCUT2D eigenvalue weighted by Gasteiger charge is 2.02. The van der Waals surface area contributed by atoms with Crippen LogP contribution in [0, 0.1) is 11.3 Å². The Balaban J connectivity index is 3.31. The third-order valence-electron chi connectivity index (χ3n) is 0.999. The highest BCUT2D eigenvalue weighted by molar-refractivity contribution is 5.72. The van der Waals surface area contributed by atoms with E-state index in [1.165, 1.54) is 0 Å². The molecule has 13 heavy (non-hydrogen) atoms. The molecule has 0 fully saturated rings. The van der Waals surface area contributed by atoms with Crippen molar-refractivity contribution >= 4 is 11.9 Å². The van der Waals surface area contributed by atoms with Gasteiger partial charge in [-0.1, -0.05) is 0 Å². The smallest absolute Gasteiger partial charge is 0.320 e. The monoisotopic (exact) mass is 186 g/mol. The average molecular weight is 186 g/mol. The van der Waals surface area contributed by atoms with Crippen LogP contribution in [0.5, 0.6) is 0 Å². The van der Waals surface area contributed by atoms with Crippen molar-refractivity contribution in [2.75, 3.05) is 19.8 Å². The maximum atomic E-state index is 10.5. The maximum absolute atomic E-state index is 10.5. The number of nitriles is 1. The number of nitrogens with zero attached hydrogens (tertiary/aromatic N) is 1. The lowest BCUT2D eigenvalue weighted by atomic mass is 10.5. The minimum atomic E-state index is -0.633. The van der Waals surface area contributed by atoms with Crippen LogP contribution in [0.3, 0.4) is 0 Å². The van der Waals surface area contributed by atoms with E-state index in [0.29, 0.717) is 0 Å². The Hall–Kier alpha value is -1.61. The molecule has 6 nitrogen and oxygen atoms in total. The summed E-state index contributed by atoms with van der Waals surface area (Å²) in [7, 11) is 0. The van der Waals surface area contributed by atoms with Crippen molar-refractivity contribution in [1.29, 1.82) is 5.26 Å². The fraction of sp³-hybridized carbons (Fsp3) is 0.571. The maximum Gasteiger partial charge on any atom is 0.320 e. The van der Waals surface area contributed by atoms with Gasteiger partial charge in [-0.15, -0.1) is 0 Å². The summed E-state index contributed by atoms with van der Waals surface area (Å²) in [6.45, 7) is -0.286. The van der Waals surface area contributed by atoms with Crippen molar-refractivity contribution in [3.05, 3.63) is 0 Å². The van der Waals surface area contributed by atoms with Crippen LogP contribution in [0.15, 0.2) is 0 Å². The van der Waals surface area contributed by atoms with Gasteiger partial charge in [0.15, 0.2) is 0 Å². The van der Waals surface area contributed by atoms with Gasteiger partial charge >= 0.3 is 11.9 Å². The lowest BCUT2D eigenvalue weighted by molar-refractivity contribution is -0.150. The van der Waals surface area contributed by atoms with E-state index in [9.17, 15) is 9.59 Å². The lowest BCUT2D eigenvalue weighted by Crippen LogP contribution is -2.19. The number of nitrogens with two attached hydrogens (primary N) is 1. The normalized spacial score (nSPS) is 8.62. The van der Waals surface area contributed by atoms with Gasteiger partial charge in [0.2, 0.25) is 0 Å². The van der Waals surface area contributed by atoms with Crippen molar-refractivity contribution in [2.45, 2.75) is 6.42 Å². The molecule has 0 radical (unpaired) electrons. The van der Waals surface area contributed by atoms with Crippen LogP contribution in [0.2, 0.25) is 0 Å². The number of carbonyl (C=O) groups is 2.